The molecule has 1 heterocycles. The summed E-state index contributed by atoms with van der Waals surface area (Å²) in [5.74, 6) is -1.33. The molecular formula is C20H18N2O7. The second-order valence-corrected chi connectivity index (χ2v) is 6.08. The van der Waals surface area contributed by atoms with Crippen LogP contribution in [0.3, 0.4) is 0 Å². The molecule has 2 aromatic rings. The smallest absolute Gasteiger partial charge is 0.344 e. The zero-order valence-electron chi connectivity index (χ0n) is 15.8. The first kappa shape index (κ1) is 19.9. The standard InChI is InChI=1S/C20H18N2O7/c1-22-19(25)13-8-7-12(9-14(13)20(22)26)21-17(23)10-29-18(24)11-28-16-6-4-3-5-15(16)27-2/h3-9H,10-11H2,1-2H3,(H,21,23). The lowest BCUT2D eigenvalue weighted by Crippen LogP contribution is -2.24. The van der Waals surface area contributed by atoms with Crippen molar-refractivity contribution < 1.29 is 33.4 Å². The highest BCUT2D eigenvalue weighted by atomic mass is 16.6. The van der Waals surface area contributed by atoms with Crippen LogP contribution in [0.15, 0.2) is 42.5 Å². The lowest BCUT2D eigenvalue weighted by atomic mass is 10.1. The van der Waals surface area contributed by atoms with Crippen molar-refractivity contribution in [2.45, 2.75) is 0 Å². The van der Waals surface area contributed by atoms with Gasteiger partial charge < -0.3 is 19.5 Å². The van der Waals surface area contributed by atoms with E-state index in [1.54, 1.807) is 24.3 Å². The molecule has 0 saturated heterocycles. The molecule has 2 aromatic carbocycles. The van der Waals surface area contributed by atoms with Crippen LogP contribution in [-0.4, -0.2) is 56.0 Å². The number of benzene rings is 2. The van der Waals surface area contributed by atoms with Gasteiger partial charge in [-0.1, -0.05) is 12.1 Å². The number of esters is 1. The maximum absolute atomic E-state index is 12.0. The molecule has 1 N–H and O–H groups in total. The third kappa shape index (κ3) is 4.34. The molecule has 0 aliphatic carbocycles. The summed E-state index contributed by atoms with van der Waals surface area (Å²) >= 11 is 0. The minimum Gasteiger partial charge on any atom is -0.493 e. The molecule has 0 spiro atoms. The predicted octanol–water partition coefficient (Wildman–Crippen LogP) is 1.48. The summed E-state index contributed by atoms with van der Waals surface area (Å²) in [6.45, 7) is -0.923. The fourth-order valence-corrected chi connectivity index (χ4v) is 2.70. The van der Waals surface area contributed by atoms with Crippen molar-refractivity contribution in [2.24, 2.45) is 0 Å². The Labute approximate surface area is 166 Å². The van der Waals surface area contributed by atoms with Gasteiger partial charge in [0.1, 0.15) is 0 Å². The van der Waals surface area contributed by atoms with Crippen LogP contribution in [-0.2, 0) is 14.3 Å². The topological polar surface area (TPSA) is 111 Å². The number of para-hydroxylation sites is 2. The molecule has 29 heavy (non-hydrogen) atoms. The van der Waals surface area contributed by atoms with Crippen molar-refractivity contribution in [1.82, 2.24) is 4.90 Å². The molecule has 9 nitrogen and oxygen atoms in total. The first-order valence-electron chi connectivity index (χ1n) is 8.58. The highest BCUT2D eigenvalue weighted by molar-refractivity contribution is 6.21. The SMILES string of the molecule is COc1ccccc1OCC(=O)OCC(=O)Nc1ccc2c(c1)C(=O)N(C)C2=O. The van der Waals surface area contributed by atoms with Gasteiger partial charge in [-0.05, 0) is 30.3 Å². The molecule has 0 radical (unpaired) electrons. The second-order valence-electron chi connectivity index (χ2n) is 6.08. The number of methoxy groups -OCH3 is 1. The lowest BCUT2D eigenvalue weighted by molar-refractivity contribution is -0.149. The van der Waals surface area contributed by atoms with Crippen LogP contribution in [0.5, 0.6) is 11.5 Å². The number of rotatable bonds is 7. The summed E-state index contributed by atoms with van der Waals surface area (Å²) in [5.41, 5.74) is 0.791. The first-order valence-corrected chi connectivity index (χ1v) is 8.58. The normalized spacial score (nSPS) is 12.4. The van der Waals surface area contributed by atoms with E-state index < -0.39 is 36.9 Å². The van der Waals surface area contributed by atoms with Crippen LogP contribution in [0.4, 0.5) is 5.69 Å². The number of ether oxygens (including phenoxy) is 3. The van der Waals surface area contributed by atoms with Crippen LogP contribution in [0.1, 0.15) is 20.7 Å². The molecule has 9 heteroatoms. The van der Waals surface area contributed by atoms with E-state index in [4.69, 9.17) is 14.2 Å². The van der Waals surface area contributed by atoms with Gasteiger partial charge in [-0.25, -0.2) is 4.79 Å². The van der Waals surface area contributed by atoms with Gasteiger partial charge in [0.15, 0.2) is 24.7 Å². The van der Waals surface area contributed by atoms with Gasteiger partial charge in [0, 0.05) is 12.7 Å². The molecule has 1 aliphatic heterocycles. The lowest BCUT2D eigenvalue weighted by Gasteiger charge is -2.10. The van der Waals surface area contributed by atoms with E-state index in [-0.39, 0.29) is 11.1 Å². The molecule has 3 rings (SSSR count). The zero-order valence-corrected chi connectivity index (χ0v) is 15.8. The Morgan fingerprint density at radius 3 is 2.38 bits per heavy atom. The van der Waals surface area contributed by atoms with E-state index in [0.717, 1.165) is 4.90 Å². The number of fused-ring (bicyclic) bond motifs is 1. The Kier molecular flexibility index (Phi) is 5.77. The summed E-state index contributed by atoms with van der Waals surface area (Å²) in [6.07, 6.45) is 0. The number of hydrogen-bond acceptors (Lipinski definition) is 7. The Morgan fingerprint density at radius 1 is 0.966 bits per heavy atom. The number of nitrogens with one attached hydrogen (secondary N) is 1. The minimum atomic E-state index is -0.734. The molecule has 1 aliphatic rings. The largest absolute Gasteiger partial charge is 0.493 e. The Morgan fingerprint density at radius 2 is 1.66 bits per heavy atom. The van der Waals surface area contributed by atoms with Crippen molar-refractivity contribution >= 4 is 29.4 Å². The van der Waals surface area contributed by atoms with Crippen molar-refractivity contribution in [3.8, 4) is 11.5 Å². The molecule has 0 bridgehead atoms. The quantitative estimate of drug-likeness (QED) is 0.555. The summed E-state index contributed by atoms with van der Waals surface area (Å²) in [7, 11) is 2.86. The Hall–Kier alpha value is -3.88. The first-order chi connectivity index (χ1) is 13.9. The van der Waals surface area contributed by atoms with Crippen LogP contribution in [0.2, 0.25) is 0 Å². The van der Waals surface area contributed by atoms with Crippen molar-refractivity contribution in [2.75, 3.05) is 32.7 Å². The number of carbonyl (C=O) groups is 4. The van der Waals surface area contributed by atoms with Gasteiger partial charge in [-0.3, -0.25) is 19.3 Å². The van der Waals surface area contributed by atoms with Crippen LogP contribution < -0.4 is 14.8 Å². The average Bonchev–Trinajstić information content (AvgIpc) is 2.94. The zero-order chi connectivity index (χ0) is 21.0. The van der Waals surface area contributed by atoms with E-state index in [1.165, 1.54) is 32.4 Å². The van der Waals surface area contributed by atoms with Crippen molar-refractivity contribution in [3.05, 3.63) is 53.6 Å². The third-order valence-corrected chi connectivity index (χ3v) is 4.15. The Balaban J connectivity index is 1.50. The van der Waals surface area contributed by atoms with E-state index in [0.29, 0.717) is 17.2 Å². The number of hydrogen-bond donors (Lipinski definition) is 1. The number of nitrogens with zero attached hydrogens (tertiary/aromatic N) is 1. The van der Waals surface area contributed by atoms with Gasteiger partial charge in [0.2, 0.25) is 0 Å². The fourth-order valence-electron chi connectivity index (χ4n) is 2.70. The molecule has 150 valence electrons. The molecular weight excluding hydrogens is 380 g/mol. The summed E-state index contributed by atoms with van der Waals surface area (Å²) < 4.78 is 15.3. The van der Waals surface area contributed by atoms with E-state index in [9.17, 15) is 19.2 Å². The van der Waals surface area contributed by atoms with Crippen molar-refractivity contribution in [3.63, 3.8) is 0 Å². The third-order valence-electron chi connectivity index (χ3n) is 4.15. The van der Waals surface area contributed by atoms with Crippen LogP contribution in [0, 0.1) is 0 Å². The minimum absolute atomic E-state index is 0.206. The number of anilines is 1. The van der Waals surface area contributed by atoms with Crippen LogP contribution in [0.25, 0.3) is 0 Å². The molecule has 0 atom stereocenters. The van der Waals surface area contributed by atoms with Gasteiger partial charge in [-0.15, -0.1) is 0 Å². The molecule has 0 aromatic heterocycles. The second kappa shape index (κ2) is 8.42. The van der Waals surface area contributed by atoms with Gasteiger partial charge >= 0.3 is 5.97 Å². The molecule has 0 saturated carbocycles. The van der Waals surface area contributed by atoms with Crippen molar-refractivity contribution in [1.29, 1.82) is 0 Å². The molecule has 0 fully saturated rings. The van der Waals surface area contributed by atoms with E-state index in [1.807, 2.05) is 0 Å². The maximum Gasteiger partial charge on any atom is 0.344 e. The summed E-state index contributed by atoms with van der Waals surface area (Å²) in [4.78, 5) is 48.6. The highest BCUT2D eigenvalue weighted by Gasteiger charge is 2.32. The molecule has 0 unspecified atom stereocenters. The number of imide groups is 1. The maximum atomic E-state index is 12.0. The summed E-state index contributed by atoms with van der Waals surface area (Å²) in [5, 5.41) is 2.51. The summed E-state index contributed by atoms with van der Waals surface area (Å²) in [6, 6.07) is 11.2. The number of carbonyl (C=O) groups excluding carboxylic acids is 4. The average molecular weight is 398 g/mol. The number of amides is 3. The van der Waals surface area contributed by atoms with Gasteiger partial charge in [-0.2, -0.15) is 0 Å². The monoisotopic (exact) mass is 398 g/mol. The van der Waals surface area contributed by atoms with E-state index >= 15 is 0 Å². The van der Waals surface area contributed by atoms with Gasteiger partial charge in [0.05, 0.1) is 18.2 Å². The molecule has 3 amide bonds. The predicted molar refractivity (Wildman–Crippen MR) is 101 cm³/mol. The Bertz CT molecular complexity index is 987. The highest BCUT2D eigenvalue weighted by Crippen LogP contribution is 2.26. The van der Waals surface area contributed by atoms with E-state index in [2.05, 4.69) is 5.32 Å². The van der Waals surface area contributed by atoms with Crippen LogP contribution >= 0.6 is 0 Å². The van der Waals surface area contributed by atoms with Gasteiger partial charge in [0.25, 0.3) is 17.7 Å². The fraction of sp³-hybridized carbons (Fsp3) is 0.200.